The molecule has 0 unspecified atom stereocenters. The molecular weight excluding hydrogens is 438 g/mol. The molecule has 0 atom stereocenters. The second kappa shape index (κ2) is 10.4. The van der Waals surface area contributed by atoms with Crippen LogP contribution in [-0.2, 0) is 6.42 Å². The molecule has 0 aliphatic heterocycles. The van der Waals surface area contributed by atoms with E-state index >= 15 is 0 Å². The lowest BCUT2D eigenvalue weighted by molar-refractivity contribution is 1.12. The van der Waals surface area contributed by atoms with Crippen LogP contribution in [-0.4, -0.2) is 25.5 Å². The Hall–Kier alpha value is -0.820. The fourth-order valence-corrected chi connectivity index (χ4v) is 4.09. The van der Waals surface area contributed by atoms with E-state index in [2.05, 4.69) is 64.6 Å². The van der Waals surface area contributed by atoms with E-state index < -0.39 is 0 Å². The van der Waals surface area contributed by atoms with E-state index in [-0.39, 0.29) is 12.4 Å². The van der Waals surface area contributed by atoms with E-state index in [1.807, 2.05) is 24.1 Å². The molecule has 0 radical (unpaired) electrons. The molecule has 3 nitrogen and oxygen atoms in total. The van der Waals surface area contributed by atoms with Gasteiger partial charge in [0.1, 0.15) is 0 Å². The summed E-state index contributed by atoms with van der Waals surface area (Å²) < 4.78 is 0.978. The summed E-state index contributed by atoms with van der Waals surface area (Å²) in [4.78, 5) is 8.89. The highest BCUT2D eigenvalue weighted by molar-refractivity contribution is 9.10. The van der Waals surface area contributed by atoms with Crippen LogP contribution >= 0.6 is 51.9 Å². The van der Waals surface area contributed by atoms with Crippen LogP contribution in [0.5, 0.6) is 0 Å². The first-order valence-corrected chi connectivity index (χ1v) is 10.8. The van der Waals surface area contributed by atoms with Crippen LogP contribution in [0.1, 0.15) is 12.5 Å². The zero-order chi connectivity index (χ0) is 17.7. The summed E-state index contributed by atoms with van der Waals surface area (Å²) in [6.07, 6.45) is 5.12. The minimum Gasteiger partial charge on any atom is -0.369 e. The quantitative estimate of drug-likeness (QED) is 0.339. The van der Waals surface area contributed by atoms with Crippen molar-refractivity contribution in [1.82, 2.24) is 0 Å². The third kappa shape index (κ3) is 5.58. The molecule has 0 saturated carbocycles. The number of halogens is 2. The maximum atomic E-state index is 6.27. The number of hydrogen-bond acceptors (Lipinski definition) is 3. The summed E-state index contributed by atoms with van der Waals surface area (Å²) in [5, 5.41) is 0. The Kier molecular flexibility index (Phi) is 9.21. The van der Waals surface area contributed by atoms with Gasteiger partial charge in [-0.1, -0.05) is 19.1 Å². The third-order valence-corrected chi connectivity index (χ3v) is 6.30. The van der Waals surface area contributed by atoms with Crippen LogP contribution < -0.4 is 10.6 Å². The number of rotatable bonds is 5. The SMILES string of the molecule is CCc1cccc(N(C)C(N)=Nc2cc(SC)cc(SC)c2Br)c1.Cl. The Morgan fingerprint density at radius 1 is 1.20 bits per heavy atom. The second-order valence-corrected chi connectivity index (χ2v) is 7.74. The summed E-state index contributed by atoms with van der Waals surface area (Å²) in [5.74, 6) is 0.467. The maximum absolute atomic E-state index is 6.27. The largest absolute Gasteiger partial charge is 0.369 e. The van der Waals surface area contributed by atoms with Gasteiger partial charge in [-0.25, -0.2) is 4.99 Å². The lowest BCUT2D eigenvalue weighted by Gasteiger charge is -2.19. The van der Waals surface area contributed by atoms with Crippen LogP contribution in [0.4, 0.5) is 11.4 Å². The number of aryl methyl sites for hydroxylation is 1. The van der Waals surface area contributed by atoms with Crippen LogP contribution in [0.2, 0.25) is 0 Å². The monoisotopic (exact) mass is 459 g/mol. The number of anilines is 1. The van der Waals surface area contributed by atoms with Gasteiger partial charge in [0.15, 0.2) is 0 Å². The molecule has 0 saturated heterocycles. The average Bonchev–Trinajstić information content (AvgIpc) is 2.62. The number of hydrogen-bond donors (Lipinski definition) is 1. The van der Waals surface area contributed by atoms with Gasteiger partial charge in [0.25, 0.3) is 0 Å². The number of benzene rings is 2. The van der Waals surface area contributed by atoms with Crippen molar-refractivity contribution < 1.29 is 0 Å². The third-order valence-electron chi connectivity index (χ3n) is 3.73. The minimum atomic E-state index is 0. The molecule has 0 heterocycles. The molecule has 2 aromatic carbocycles. The number of guanidine groups is 1. The number of nitrogens with zero attached hydrogens (tertiary/aromatic N) is 2. The number of aliphatic imine (C=N–C) groups is 1. The fourth-order valence-electron chi connectivity index (χ4n) is 2.22. The van der Waals surface area contributed by atoms with Gasteiger partial charge in [-0.05, 0) is 64.7 Å². The van der Waals surface area contributed by atoms with Crippen molar-refractivity contribution in [3.8, 4) is 0 Å². The molecule has 7 heteroatoms. The van der Waals surface area contributed by atoms with Crippen molar-refractivity contribution in [1.29, 1.82) is 0 Å². The van der Waals surface area contributed by atoms with Gasteiger partial charge in [0.05, 0.1) is 10.2 Å². The summed E-state index contributed by atoms with van der Waals surface area (Å²) >= 11 is 7.04. The smallest absolute Gasteiger partial charge is 0.200 e. The van der Waals surface area contributed by atoms with Crippen LogP contribution in [0.15, 0.2) is 55.7 Å². The molecule has 2 N–H and O–H groups in total. The topological polar surface area (TPSA) is 41.6 Å². The summed E-state index contributed by atoms with van der Waals surface area (Å²) in [5.41, 5.74) is 9.44. The van der Waals surface area contributed by atoms with E-state index in [0.717, 1.165) is 27.2 Å². The zero-order valence-electron chi connectivity index (χ0n) is 14.7. The second-order valence-electron chi connectivity index (χ2n) is 5.22. The van der Waals surface area contributed by atoms with Gasteiger partial charge in [-0.2, -0.15) is 0 Å². The predicted octanol–water partition coefficient (Wildman–Crippen LogP) is 5.96. The van der Waals surface area contributed by atoms with Crippen LogP contribution in [0.3, 0.4) is 0 Å². The minimum absolute atomic E-state index is 0. The standard InChI is InChI=1S/C18H22BrN3S2.ClH/c1-5-12-7-6-8-13(9-12)22(2)18(20)21-15-10-14(23-3)11-16(24-4)17(15)19;/h6-11H,5H2,1-4H3,(H2,20,21);1H. The van der Waals surface area contributed by atoms with Crippen molar-refractivity contribution in [2.24, 2.45) is 10.7 Å². The van der Waals surface area contributed by atoms with E-state index in [4.69, 9.17) is 5.73 Å². The summed E-state index contributed by atoms with van der Waals surface area (Å²) in [7, 11) is 1.94. The average molecular weight is 461 g/mol. The first kappa shape index (κ1) is 22.2. The molecule has 2 rings (SSSR count). The van der Waals surface area contributed by atoms with Gasteiger partial charge >= 0.3 is 0 Å². The van der Waals surface area contributed by atoms with Crippen molar-refractivity contribution in [2.75, 3.05) is 24.5 Å². The Morgan fingerprint density at radius 2 is 1.92 bits per heavy atom. The van der Waals surface area contributed by atoms with Gasteiger partial charge in [0.2, 0.25) is 5.96 Å². The van der Waals surface area contributed by atoms with Crippen molar-refractivity contribution >= 4 is 69.2 Å². The molecule has 2 aromatic rings. The van der Waals surface area contributed by atoms with Gasteiger partial charge in [-0.3, -0.25) is 0 Å². The highest BCUT2D eigenvalue weighted by atomic mass is 79.9. The molecule has 0 bridgehead atoms. The Bertz CT molecular complexity index is 753. The van der Waals surface area contributed by atoms with E-state index in [1.54, 1.807) is 23.5 Å². The molecule has 0 spiro atoms. The molecule has 136 valence electrons. The lowest BCUT2D eigenvalue weighted by Crippen LogP contribution is -2.33. The van der Waals surface area contributed by atoms with Crippen molar-refractivity contribution in [3.05, 3.63) is 46.4 Å². The molecular formula is C18H23BrClN3S2. The summed E-state index contributed by atoms with van der Waals surface area (Å²) in [6.45, 7) is 2.14. The normalized spacial score (nSPS) is 11.2. The highest BCUT2D eigenvalue weighted by Crippen LogP contribution is 2.38. The van der Waals surface area contributed by atoms with Gasteiger partial charge in [0, 0.05) is 22.5 Å². The first-order valence-electron chi connectivity index (χ1n) is 7.58. The van der Waals surface area contributed by atoms with E-state index in [0.29, 0.717) is 5.96 Å². The highest BCUT2D eigenvalue weighted by Gasteiger charge is 2.11. The van der Waals surface area contributed by atoms with Crippen molar-refractivity contribution in [3.63, 3.8) is 0 Å². The number of thioether (sulfide) groups is 2. The predicted molar refractivity (Wildman–Crippen MR) is 120 cm³/mol. The Balaban J connectivity index is 0.00000312. The van der Waals surface area contributed by atoms with E-state index in [9.17, 15) is 0 Å². The molecule has 0 aliphatic rings. The molecule has 0 aromatic heterocycles. The zero-order valence-corrected chi connectivity index (χ0v) is 18.8. The van der Waals surface area contributed by atoms with Crippen molar-refractivity contribution in [2.45, 2.75) is 23.1 Å². The molecule has 0 amide bonds. The van der Waals surface area contributed by atoms with Crippen LogP contribution in [0.25, 0.3) is 0 Å². The Labute approximate surface area is 173 Å². The fraction of sp³-hybridized carbons (Fsp3) is 0.278. The molecule has 0 aliphatic carbocycles. The van der Waals surface area contributed by atoms with Gasteiger partial charge < -0.3 is 10.6 Å². The first-order chi connectivity index (χ1) is 11.5. The van der Waals surface area contributed by atoms with Gasteiger partial charge in [-0.15, -0.1) is 35.9 Å². The van der Waals surface area contributed by atoms with E-state index in [1.165, 1.54) is 10.5 Å². The molecule has 25 heavy (non-hydrogen) atoms. The Morgan fingerprint density at radius 3 is 2.52 bits per heavy atom. The van der Waals surface area contributed by atoms with Crippen LogP contribution in [0, 0.1) is 0 Å². The summed E-state index contributed by atoms with van der Waals surface area (Å²) in [6, 6.07) is 12.6. The molecule has 0 fully saturated rings. The lowest BCUT2D eigenvalue weighted by atomic mass is 10.1. The maximum Gasteiger partial charge on any atom is 0.200 e. The number of nitrogens with two attached hydrogens (primary N) is 1.